The van der Waals surface area contributed by atoms with Crippen molar-refractivity contribution in [3.63, 3.8) is 0 Å². The number of hydrogen-bond donors (Lipinski definition) is 1. The number of nitrogens with zero attached hydrogens (tertiary/aromatic N) is 2. The topological polar surface area (TPSA) is 45.2 Å². The Balaban J connectivity index is 2.09. The monoisotopic (exact) mass is 261 g/mol. The van der Waals surface area contributed by atoms with Crippen molar-refractivity contribution in [2.24, 2.45) is 11.3 Å². The van der Waals surface area contributed by atoms with E-state index in [2.05, 4.69) is 31.1 Å². The number of carbonyl (C=O) groups excluding carboxylic acids is 1. The minimum Gasteiger partial charge on any atom is -0.373 e. The average Bonchev–Trinajstić information content (AvgIpc) is 2.87. The van der Waals surface area contributed by atoms with Crippen LogP contribution >= 0.6 is 0 Å². The summed E-state index contributed by atoms with van der Waals surface area (Å²) in [6.07, 6.45) is 1.08. The van der Waals surface area contributed by atoms with Gasteiger partial charge in [0.15, 0.2) is 0 Å². The third kappa shape index (κ3) is 3.06. The normalized spacial score (nSPS) is 19.6. The van der Waals surface area contributed by atoms with Crippen molar-refractivity contribution >= 4 is 11.7 Å². The largest absolute Gasteiger partial charge is 0.373 e. The number of nitrogens with one attached hydrogen (secondary N) is 1. The standard InChI is InChI=1S/C15H23N3O/c1-15(2,3)11-8-9-18(10-11)14(19)12-6-5-7-13(16-4)17-12/h5-7,11H,8-10H2,1-4H3,(H,16,17). The van der Waals surface area contributed by atoms with E-state index in [0.29, 0.717) is 11.6 Å². The summed E-state index contributed by atoms with van der Waals surface area (Å²) in [6, 6.07) is 5.51. The highest BCUT2D eigenvalue weighted by atomic mass is 16.2. The van der Waals surface area contributed by atoms with E-state index in [4.69, 9.17) is 0 Å². The molecule has 0 spiro atoms. The van der Waals surface area contributed by atoms with E-state index < -0.39 is 0 Å². The first-order valence-electron chi connectivity index (χ1n) is 6.86. The van der Waals surface area contributed by atoms with Crippen molar-refractivity contribution in [2.75, 3.05) is 25.5 Å². The Kier molecular flexibility index (Phi) is 3.78. The van der Waals surface area contributed by atoms with Gasteiger partial charge in [0.05, 0.1) is 0 Å². The zero-order chi connectivity index (χ0) is 14.0. The van der Waals surface area contributed by atoms with Crippen molar-refractivity contribution in [1.29, 1.82) is 0 Å². The molecule has 0 saturated carbocycles. The molecule has 1 aliphatic heterocycles. The van der Waals surface area contributed by atoms with E-state index in [1.807, 2.05) is 24.1 Å². The average molecular weight is 261 g/mol. The molecule has 1 amide bonds. The van der Waals surface area contributed by atoms with E-state index in [0.717, 1.165) is 25.3 Å². The second-order valence-electron chi connectivity index (χ2n) is 6.26. The first-order chi connectivity index (χ1) is 8.91. The van der Waals surface area contributed by atoms with Crippen molar-refractivity contribution in [1.82, 2.24) is 9.88 Å². The van der Waals surface area contributed by atoms with Gasteiger partial charge < -0.3 is 10.2 Å². The molecule has 1 unspecified atom stereocenters. The van der Waals surface area contributed by atoms with Gasteiger partial charge in [-0.05, 0) is 29.9 Å². The van der Waals surface area contributed by atoms with E-state index in [1.165, 1.54) is 0 Å². The number of likely N-dealkylation sites (tertiary alicyclic amines) is 1. The first kappa shape index (κ1) is 13.8. The van der Waals surface area contributed by atoms with Gasteiger partial charge in [0.25, 0.3) is 5.91 Å². The quantitative estimate of drug-likeness (QED) is 0.890. The molecule has 1 fully saturated rings. The fourth-order valence-electron chi connectivity index (χ4n) is 2.51. The lowest BCUT2D eigenvalue weighted by Crippen LogP contribution is -2.31. The second kappa shape index (κ2) is 5.19. The van der Waals surface area contributed by atoms with Crippen LogP contribution in [0.15, 0.2) is 18.2 Å². The number of amides is 1. The van der Waals surface area contributed by atoms with Gasteiger partial charge >= 0.3 is 0 Å². The molecule has 0 bridgehead atoms. The van der Waals surface area contributed by atoms with Crippen molar-refractivity contribution in [2.45, 2.75) is 27.2 Å². The predicted octanol–water partition coefficient (Wildman–Crippen LogP) is 2.63. The highest BCUT2D eigenvalue weighted by Gasteiger charge is 2.34. The van der Waals surface area contributed by atoms with Gasteiger partial charge in [-0.15, -0.1) is 0 Å². The summed E-state index contributed by atoms with van der Waals surface area (Å²) >= 11 is 0. The van der Waals surface area contributed by atoms with Gasteiger partial charge in [-0.2, -0.15) is 0 Å². The van der Waals surface area contributed by atoms with Crippen LogP contribution in [0.25, 0.3) is 0 Å². The SMILES string of the molecule is CNc1cccc(C(=O)N2CCC(C(C)(C)C)C2)n1. The Labute approximate surface area is 115 Å². The predicted molar refractivity (Wildman–Crippen MR) is 77.2 cm³/mol. The van der Waals surface area contributed by atoms with Crippen molar-refractivity contribution < 1.29 is 4.79 Å². The first-order valence-corrected chi connectivity index (χ1v) is 6.86. The van der Waals surface area contributed by atoms with Gasteiger partial charge in [-0.1, -0.05) is 26.8 Å². The van der Waals surface area contributed by atoms with Crippen LogP contribution in [0.3, 0.4) is 0 Å². The lowest BCUT2D eigenvalue weighted by Gasteiger charge is -2.26. The Morgan fingerprint density at radius 3 is 2.74 bits per heavy atom. The highest BCUT2D eigenvalue weighted by Crippen LogP contribution is 2.33. The molecule has 4 nitrogen and oxygen atoms in total. The van der Waals surface area contributed by atoms with Gasteiger partial charge in [0.2, 0.25) is 0 Å². The van der Waals surface area contributed by atoms with Crippen LogP contribution in [0, 0.1) is 11.3 Å². The van der Waals surface area contributed by atoms with E-state index in [9.17, 15) is 4.79 Å². The summed E-state index contributed by atoms with van der Waals surface area (Å²) in [7, 11) is 1.81. The molecule has 1 saturated heterocycles. The van der Waals surface area contributed by atoms with Crippen LogP contribution in [0.5, 0.6) is 0 Å². The Morgan fingerprint density at radius 1 is 1.42 bits per heavy atom. The van der Waals surface area contributed by atoms with E-state index in [-0.39, 0.29) is 11.3 Å². The maximum atomic E-state index is 12.4. The summed E-state index contributed by atoms with van der Waals surface area (Å²) < 4.78 is 0. The number of anilines is 1. The zero-order valence-corrected chi connectivity index (χ0v) is 12.2. The highest BCUT2D eigenvalue weighted by molar-refractivity contribution is 5.92. The molecular formula is C15H23N3O. The molecular weight excluding hydrogens is 238 g/mol. The third-order valence-corrected chi connectivity index (χ3v) is 3.92. The van der Waals surface area contributed by atoms with Crippen molar-refractivity contribution in [3.05, 3.63) is 23.9 Å². The fourth-order valence-corrected chi connectivity index (χ4v) is 2.51. The molecule has 0 aromatic carbocycles. The minimum atomic E-state index is 0.0452. The molecule has 19 heavy (non-hydrogen) atoms. The summed E-state index contributed by atoms with van der Waals surface area (Å²) in [5.41, 5.74) is 0.788. The molecule has 4 heteroatoms. The fraction of sp³-hybridized carbons (Fsp3) is 0.600. The molecule has 2 heterocycles. The zero-order valence-electron chi connectivity index (χ0n) is 12.2. The number of hydrogen-bond acceptors (Lipinski definition) is 3. The van der Waals surface area contributed by atoms with Gasteiger partial charge in [-0.25, -0.2) is 4.98 Å². The van der Waals surface area contributed by atoms with Crippen LogP contribution in [0.4, 0.5) is 5.82 Å². The van der Waals surface area contributed by atoms with Crippen LogP contribution in [0.2, 0.25) is 0 Å². The van der Waals surface area contributed by atoms with Crippen LogP contribution in [-0.4, -0.2) is 35.9 Å². The molecule has 1 atom stereocenters. The Bertz CT molecular complexity index is 465. The Morgan fingerprint density at radius 2 is 2.16 bits per heavy atom. The number of aromatic nitrogens is 1. The maximum Gasteiger partial charge on any atom is 0.272 e. The third-order valence-electron chi connectivity index (χ3n) is 3.92. The van der Waals surface area contributed by atoms with Crippen LogP contribution in [-0.2, 0) is 0 Å². The van der Waals surface area contributed by atoms with Gasteiger partial charge in [0, 0.05) is 20.1 Å². The van der Waals surface area contributed by atoms with E-state index in [1.54, 1.807) is 6.07 Å². The van der Waals surface area contributed by atoms with Gasteiger partial charge in [-0.3, -0.25) is 4.79 Å². The summed E-state index contributed by atoms with van der Waals surface area (Å²) in [4.78, 5) is 18.7. The lowest BCUT2D eigenvalue weighted by atomic mass is 9.80. The maximum absolute atomic E-state index is 12.4. The molecule has 1 aromatic heterocycles. The lowest BCUT2D eigenvalue weighted by molar-refractivity contribution is 0.0771. The summed E-state index contributed by atoms with van der Waals surface area (Å²) in [5.74, 6) is 1.35. The molecule has 104 valence electrons. The second-order valence-corrected chi connectivity index (χ2v) is 6.26. The summed E-state index contributed by atoms with van der Waals surface area (Å²) in [6.45, 7) is 8.41. The van der Waals surface area contributed by atoms with Crippen LogP contribution in [0.1, 0.15) is 37.7 Å². The minimum absolute atomic E-state index is 0.0452. The molecule has 1 aromatic rings. The van der Waals surface area contributed by atoms with E-state index >= 15 is 0 Å². The molecule has 1 aliphatic rings. The number of carbonyl (C=O) groups is 1. The van der Waals surface area contributed by atoms with Crippen LogP contribution < -0.4 is 5.32 Å². The number of pyridine rings is 1. The van der Waals surface area contributed by atoms with Gasteiger partial charge in [0.1, 0.15) is 11.5 Å². The summed E-state index contributed by atoms with van der Waals surface area (Å²) in [5, 5.41) is 2.96. The smallest absolute Gasteiger partial charge is 0.272 e. The molecule has 2 rings (SSSR count). The number of rotatable bonds is 2. The molecule has 0 radical (unpaired) electrons. The Hall–Kier alpha value is -1.58. The molecule has 1 N–H and O–H groups in total. The van der Waals surface area contributed by atoms with Crippen molar-refractivity contribution in [3.8, 4) is 0 Å². The molecule has 0 aliphatic carbocycles.